The van der Waals surface area contributed by atoms with E-state index in [1.165, 1.54) is 18.3 Å². The predicted octanol–water partition coefficient (Wildman–Crippen LogP) is 3.59. The average Bonchev–Trinajstić information content (AvgIpc) is 3.53. The summed E-state index contributed by atoms with van der Waals surface area (Å²) in [6.07, 6.45) is 5.06. The molecule has 2 aliphatic rings. The summed E-state index contributed by atoms with van der Waals surface area (Å²) in [6.45, 7) is 3.57. The Morgan fingerprint density at radius 1 is 1.22 bits per heavy atom. The third kappa shape index (κ3) is 5.96. The van der Waals surface area contributed by atoms with Crippen molar-refractivity contribution in [3.8, 4) is 11.9 Å². The number of imidazole rings is 1. The zero-order valence-corrected chi connectivity index (χ0v) is 22.2. The molecule has 0 saturated carbocycles. The van der Waals surface area contributed by atoms with Crippen LogP contribution in [0.1, 0.15) is 40.2 Å². The van der Waals surface area contributed by atoms with Crippen molar-refractivity contribution in [3.05, 3.63) is 77.1 Å². The topological polar surface area (TPSA) is 138 Å². The fourth-order valence-corrected chi connectivity index (χ4v) is 5.14. The van der Waals surface area contributed by atoms with E-state index < -0.39 is 11.8 Å². The molecule has 0 aliphatic carbocycles. The molecule has 2 aromatic carbocycles. The highest BCUT2D eigenvalue weighted by Crippen LogP contribution is 2.25. The number of nitriles is 1. The van der Waals surface area contributed by atoms with Crippen molar-refractivity contribution in [2.75, 3.05) is 25.0 Å². The maximum absolute atomic E-state index is 14.2. The van der Waals surface area contributed by atoms with Gasteiger partial charge in [-0.3, -0.25) is 9.88 Å². The van der Waals surface area contributed by atoms with Crippen LogP contribution >= 0.6 is 0 Å². The summed E-state index contributed by atoms with van der Waals surface area (Å²) in [5, 5.41) is 21.8. The van der Waals surface area contributed by atoms with E-state index in [0.717, 1.165) is 49.4 Å². The van der Waals surface area contributed by atoms with E-state index in [-0.39, 0.29) is 35.8 Å². The Bertz CT molecular complexity index is 1630. The molecule has 6 rings (SSSR count). The number of carbonyl (C=O) groups is 1. The number of anilines is 1. The van der Waals surface area contributed by atoms with Crippen LogP contribution in [-0.2, 0) is 24.4 Å². The fraction of sp³-hybridized carbons (Fsp3) is 0.345. The number of fused-ring (bicyclic) bond motifs is 1. The van der Waals surface area contributed by atoms with Gasteiger partial charge in [-0.25, -0.2) is 14.2 Å². The molecule has 2 N–H and O–H groups in total. The molecule has 4 heterocycles. The first-order chi connectivity index (χ1) is 19.9. The van der Waals surface area contributed by atoms with Crippen molar-refractivity contribution in [1.29, 1.82) is 5.26 Å². The van der Waals surface area contributed by atoms with Gasteiger partial charge in [0.15, 0.2) is 0 Å². The molecular weight excluding hydrogens is 529 g/mol. The maximum Gasteiger partial charge on any atom is 0.335 e. The Balaban J connectivity index is 1.09. The standard InChI is InChI=1S/C29H28FN7O4/c30-23-9-18(11-31)1-2-20(23)17-41-28-13-32-12-26(35-28)33-21-5-7-36(14-21)16-27-34-24-4-3-19(29(38)39)10-25(24)37(27)15-22-6-8-40-22/h1-4,9-10,12-13,21-22H,5-8,14-17H2,(H,33,35)(H,38,39)/t21-,22+/m1/s1. The molecule has 12 heteroatoms. The van der Waals surface area contributed by atoms with Gasteiger partial charge in [0.1, 0.15) is 24.1 Å². The second kappa shape index (κ2) is 11.5. The molecule has 2 fully saturated rings. The van der Waals surface area contributed by atoms with Crippen LogP contribution < -0.4 is 10.1 Å². The van der Waals surface area contributed by atoms with E-state index in [2.05, 4.69) is 24.8 Å². The number of likely N-dealkylation sites (tertiary alicyclic amines) is 1. The fourth-order valence-electron chi connectivity index (χ4n) is 5.14. The lowest BCUT2D eigenvalue weighted by molar-refractivity contribution is -0.0591. The van der Waals surface area contributed by atoms with Crippen molar-refractivity contribution in [2.45, 2.75) is 44.7 Å². The first-order valence-corrected chi connectivity index (χ1v) is 13.4. The van der Waals surface area contributed by atoms with Crippen molar-refractivity contribution >= 4 is 22.8 Å². The van der Waals surface area contributed by atoms with E-state index in [9.17, 15) is 14.3 Å². The molecule has 0 bridgehead atoms. The minimum absolute atomic E-state index is 0.0340. The number of nitrogens with one attached hydrogen (secondary N) is 1. The quantitative estimate of drug-likeness (QED) is 0.297. The van der Waals surface area contributed by atoms with E-state index in [1.54, 1.807) is 30.5 Å². The molecule has 2 atom stereocenters. The summed E-state index contributed by atoms with van der Waals surface area (Å²) >= 11 is 0. The van der Waals surface area contributed by atoms with Crippen molar-refractivity contribution in [2.24, 2.45) is 0 Å². The highest BCUT2D eigenvalue weighted by Gasteiger charge is 2.27. The van der Waals surface area contributed by atoms with E-state index in [4.69, 9.17) is 19.7 Å². The van der Waals surface area contributed by atoms with Gasteiger partial charge in [-0.2, -0.15) is 10.2 Å². The third-order valence-electron chi connectivity index (χ3n) is 7.41. The first kappa shape index (κ1) is 26.6. The van der Waals surface area contributed by atoms with E-state index in [0.29, 0.717) is 24.5 Å². The Hall–Kier alpha value is -4.60. The Morgan fingerprint density at radius 3 is 2.85 bits per heavy atom. The summed E-state index contributed by atoms with van der Waals surface area (Å²) in [4.78, 5) is 27.4. The second-order valence-corrected chi connectivity index (χ2v) is 10.2. The molecule has 2 aliphatic heterocycles. The normalized spacial score (nSPS) is 18.6. The van der Waals surface area contributed by atoms with Gasteiger partial charge >= 0.3 is 5.97 Å². The lowest BCUT2D eigenvalue weighted by atomic mass is 10.1. The maximum atomic E-state index is 14.2. The van der Waals surface area contributed by atoms with Crippen molar-refractivity contribution in [3.63, 3.8) is 0 Å². The molecule has 0 amide bonds. The van der Waals surface area contributed by atoms with Crippen LogP contribution in [0.15, 0.2) is 48.8 Å². The Kier molecular flexibility index (Phi) is 7.45. The largest absolute Gasteiger partial charge is 0.478 e. The molecular formula is C29H28FN7O4. The summed E-state index contributed by atoms with van der Waals surface area (Å²) < 4.78 is 27.6. The number of hydrogen-bond acceptors (Lipinski definition) is 9. The summed E-state index contributed by atoms with van der Waals surface area (Å²) in [5.41, 5.74) is 2.38. The number of rotatable bonds is 10. The van der Waals surface area contributed by atoms with E-state index in [1.807, 2.05) is 6.07 Å². The number of nitrogens with zero attached hydrogens (tertiary/aromatic N) is 6. The number of hydrogen-bond donors (Lipinski definition) is 2. The highest BCUT2D eigenvalue weighted by molar-refractivity contribution is 5.92. The summed E-state index contributed by atoms with van der Waals surface area (Å²) in [6, 6.07) is 11.3. The Labute approximate surface area is 235 Å². The molecule has 41 heavy (non-hydrogen) atoms. The van der Waals surface area contributed by atoms with Crippen LogP contribution in [0.25, 0.3) is 11.0 Å². The molecule has 0 unspecified atom stereocenters. The number of aromatic carboxylic acids is 1. The lowest BCUT2D eigenvalue weighted by Crippen LogP contribution is -2.33. The minimum Gasteiger partial charge on any atom is -0.478 e. The van der Waals surface area contributed by atoms with Gasteiger partial charge in [0.2, 0.25) is 5.88 Å². The molecule has 11 nitrogen and oxygen atoms in total. The molecule has 2 aromatic heterocycles. The van der Waals surface area contributed by atoms with Crippen LogP contribution in [0.4, 0.5) is 10.2 Å². The zero-order valence-electron chi connectivity index (χ0n) is 22.2. The van der Waals surface area contributed by atoms with Crippen molar-refractivity contribution in [1.82, 2.24) is 24.4 Å². The first-order valence-electron chi connectivity index (χ1n) is 13.4. The Morgan fingerprint density at radius 2 is 2.10 bits per heavy atom. The average molecular weight is 558 g/mol. The highest BCUT2D eigenvalue weighted by atomic mass is 19.1. The smallest absolute Gasteiger partial charge is 0.335 e. The van der Waals surface area contributed by atoms with Crippen LogP contribution in [0.5, 0.6) is 5.88 Å². The van der Waals surface area contributed by atoms with Crippen LogP contribution in [0, 0.1) is 17.1 Å². The van der Waals surface area contributed by atoms with Gasteiger partial charge in [-0.15, -0.1) is 0 Å². The number of carboxylic acids is 1. The number of benzene rings is 2. The minimum atomic E-state index is -0.964. The number of carboxylic acid groups (broad SMARTS) is 1. The van der Waals surface area contributed by atoms with Gasteiger partial charge in [0.05, 0.1) is 59.8 Å². The molecule has 0 spiro atoms. The van der Waals surface area contributed by atoms with E-state index >= 15 is 0 Å². The molecule has 2 saturated heterocycles. The van der Waals surface area contributed by atoms with Crippen LogP contribution in [-0.4, -0.2) is 67.3 Å². The SMILES string of the molecule is N#Cc1ccc(COc2cncc(N[C@@H]3CCN(Cc4nc5ccc(C(=O)O)cc5n4C[C@@H]4CCO4)C3)n2)c(F)c1. The van der Waals surface area contributed by atoms with Crippen LogP contribution in [0.3, 0.4) is 0 Å². The molecule has 210 valence electrons. The van der Waals surface area contributed by atoms with Crippen molar-refractivity contribution < 1.29 is 23.8 Å². The number of ether oxygens (including phenoxy) is 2. The van der Waals surface area contributed by atoms with Gasteiger partial charge in [-0.1, -0.05) is 6.07 Å². The van der Waals surface area contributed by atoms with Gasteiger partial charge in [-0.05, 0) is 43.2 Å². The monoisotopic (exact) mass is 557 g/mol. The lowest BCUT2D eigenvalue weighted by Gasteiger charge is -2.28. The third-order valence-corrected chi connectivity index (χ3v) is 7.41. The van der Waals surface area contributed by atoms with Crippen LogP contribution in [0.2, 0.25) is 0 Å². The molecule has 0 radical (unpaired) electrons. The predicted molar refractivity (Wildman–Crippen MR) is 146 cm³/mol. The molecule has 4 aromatic rings. The zero-order chi connectivity index (χ0) is 28.3. The second-order valence-electron chi connectivity index (χ2n) is 10.2. The van der Waals surface area contributed by atoms with Gasteiger partial charge in [0, 0.05) is 31.3 Å². The number of halogens is 1. The summed E-state index contributed by atoms with van der Waals surface area (Å²) in [7, 11) is 0. The van der Waals surface area contributed by atoms with Gasteiger partial charge in [0.25, 0.3) is 0 Å². The summed E-state index contributed by atoms with van der Waals surface area (Å²) in [5.74, 6) is 0.234. The number of aromatic nitrogens is 4. The van der Waals surface area contributed by atoms with Gasteiger partial charge < -0.3 is 24.5 Å².